The van der Waals surface area contributed by atoms with E-state index < -0.39 is 10.0 Å². The maximum atomic E-state index is 11.9. The Morgan fingerprint density at radius 3 is 2.68 bits per heavy atom. The lowest BCUT2D eigenvalue weighted by molar-refractivity contribution is 0.590. The number of aryl methyl sites for hydroxylation is 1. The van der Waals surface area contributed by atoms with Gasteiger partial charge in [0.1, 0.15) is 0 Å². The summed E-state index contributed by atoms with van der Waals surface area (Å²) in [5, 5.41) is 2.06. The van der Waals surface area contributed by atoms with Gasteiger partial charge in [-0.15, -0.1) is 0 Å². The molecule has 0 aliphatic carbocycles. The fraction of sp³-hybridized carbons (Fsp3) is 0.312. The van der Waals surface area contributed by atoms with Crippen molar-refractivity contribution in [3.63, 3.8) is 0 Å². The molecule has 0 saturated heterocycles. The van der Waals surface area contributed by atoms with Crippen molar-refractivity contribution in [3.8, 4) is 0 Å². The Labute approximate surface area is 130 Å². The van der Waals surface area contributed by atoms with Crippen LogP contribution in [0.25, 0.3) is 10.9 Å². The largest absolute Gasteiger partial charge is 0.308 e. The Kier molecular flexibility index (Phi) is 5.15. The van der Waals surface area contributed by atoms with Crippen LogP contribution in [0.3, 0.4) is 0 Å². The second-order valence-corrected chi connectivity index (χ2v) is 6.70. The van der Waals surface area contributed by atoms with Crippen LogP contribution in [0.2, 0.25) is 0 Å². The van der Waals surface area contributed by atoms with Gasteiger partial charge < -0.3 is 4.57 Å². The Morgan fingerprint density at radius 2 is 2.00 bits per heavy atom. The Bertz CT molecular complexity index is 851. The van der Waals surface area contributed by atoms with Gasteiger partial charge in [-0.2, -0.15) is 0 Å². The molecule has 2 aromatic rings. The molecule has 0 bridgehead atoms. The van der Waals surface area contributed by atoms with Gasteiger partial charge in [0.15, 0.2) is 0 Å². The van der Waals surface area contributed by atoms with Crippen molar-refractivity contribution in [3.05, 3.63) is 57.7 Å². The van der Waals surface area contributed by atoms with Gasteiger partial charge in [-0.3, -0.25) is 4.79 Å². The molecule has 0 unspecified atom stereocenters. The summed E-state index contributed by atoms with van der Waals surface area (Å²) in [6.45, 7) is 4.57. The van der Waals surface area contributed by atoms with Crippen LogP contribution in [0.1, 0.15) is 25.8 Å². The summed E-state index contributed by atoms with van der Waals surface area (Å²) in [6, 6.07) is 8.93. The SMILES string of the molecule is C/C=C/S(=O)(=O)NCc1ccc2c(ccc(=O)n2CCC)c1. The summed E-state index contributed by atoms with van der Waals surface area (Å²) in [4.78, 5) is 11.9. The summed E-state index contributed by atoms with van der Waals surface area (Å²) in [7, 11) is -3.39. The van der Waals surface area contributed by atoms with Crippen LogP contribution in [-0.2, 0) is 23.1 Å². The average Bonchev–Trinajstić information content (AvgIpc) is 2.48. The van der Waals surface area contributed by atoms with Crippen molar-refractivity contribution >= 4 is 20.9 Å². The van der Waals surface area contributed by atoms with E-state index in [1.165, 1.54) is 6.08 Å². The second kappa shape index (κ2) is 6.89. The zero-order valence-corrected chi connectivity index (χ0v) is 13.6. The minimum atomic E-state index is -3.39. The molecule has 2 rings (SSSR count). The van der Waals surface area contributed by atoms with E-state index in [0.29, 0.717) is 6.54 Å². The van der Waals surface area contributed by atoms with Gasteiger partial charge in [0, 0.05) is 24.6 Å². The molecule has 22 heavy (non-hydrogen) atoms. The molecule has 0 aliphatic rings. The van der Waals surface area contributed by atoms with Crippen molar-refractivity contribution < 1.29 is 8.42 Å². The van der Waals surface area contributed by atoms with E-state index in [9.17, 15) is 13.2 Å². The fourth-order valence-electron chi connectivity index (χ4n) is 2.33. The predicted octanol–water partition coefficient (Wildman–Crippen LogP) is 2.36. The first-order chi connectivity index (χ1) is 10.5. The lowest BCUT2D eigenvalue weighted by Crippen LogP contribution is -2.21. The average molecular weight is 320 g/mol. The molecule has 0 fully saturated rings. The van der Waals surface area contributed by atoms with Crippen LogP contribution in [0.4, 0.5) is 0 Å². The minimum Gasteiger partial charge on any atom is -0.308 e. The first-order valence-corrected chi connectivity index (χ1v) is 8.76. The van der Waals surface area contributed by atoms with Gasteiger partial charge in [-0.05, 0) is 42.5 Å². The topological polar surface area (TPSA) is 68.2 Å². The molecule has 6 heteroatoms. The number of aromatic nitrogens is 1. The number of hydrogen-bond acceptors (Lipinski definition) is 3. The third-order valence-corrected chi connectivity index (χ3v) is 4.47. The third-order valence-electron chi connectivity index (χ3n) is 3.29. The summed E-state index contributed by atoms with van der Waals surface area (Å²) >= 11 is 0. The number of sulfonamides is 1. The van der Waals surface area contributed by atoms with Crippen LogP contribution in [0, 0.1) is 0 Å². The zero-order valence-electron chi connectivity index (χ0n) is 12.7. The number of hydrogen-bond donors (Lipinski definition) is 1. The van der Waals surface area contributed by atoms with Crippen LogP contribution in [0.5, 0.6) is 0 Å². The van der Waals surface area contributed by atoms with Gasteiger partial charge in [0.25, 0.3) is 5.56 Å². The lowest BCUT2D eigenvalue weighted by Gasteiger charge is -2.10. The number of rotatable bonds is 6. The van der Waals surface area contributed by atoms with Gasteiger partial charge in [0.05, 0.1) is 5.52 Å². The molecular formula is C16H20N2O3S. The third kappa shape index (κ3) is 3.84. The first kappa shape index (κ1) is 16.5. The van der Waals surface area contributed by atoms with Crippen LogP contribution < -0.4 is 10.3 Å². The van der Waals surface area contributed by atoms with E-state index in [-0.39, 0.29) is 12.1 Å². The number of fused-ring (bicyclic) bond motifs is 1. The number of nitrogens with one attached hydrogen (secondary N) is 1. The normalized spacial score (nSPS) is 12.3. The summed E-state index contributed by atoms with van der Waals surface area (Å²) in [5.41, 5.74) is 1.70. The first-order valence-electron chi connectivity index (χ1n) is 7.21. The second-order valence-electron chi connectivity index (χ2n) is 5.05. The summed E-state index contributed by atoms with van der Waals surface area (Å²) < 4.78 is 27.5. The molecule has 0 atom stereocenters. The van der Waals surface area contributed by atoms with E-state index >= 15 is 0 Å². The van der Waals surface area contributed by atoms with Crippen molar-refractivity contribution in [1.29, 1.82) is 0 Å². The molecule has 0 spiro atoms. The highest BCUT2D eigenvalue weighted by atomic mass is 32.2. The maximum absolute atomic E-state index is 11.9. The fourth-order valence-corrected chi connectivity index (χ4v) is 3.15. The molecule has 0 aliphatic heterocycles. The Hall–Kier alpha value is -1.92. The Morgan fingerprint density at radius 1 is 1.23 bits per heavy atom. The van der Waals surface area contributed by atoms with Crippen LogP contribution in [-0.4, -0.2) is 13.0 Å². The zero-order chi connectivity index (χ0) is 16.2. The van der Waals surface area contributed by atoms with Crippen molar-refractivity contribution in [2.24, 2.45) is 0 Å². The molecule has 0 amide bonds. The molecule has 1 aromatic heterocycles. The van der Waals surface area contributed by atoms with Crippen molar-refractivity contribution in [2.45, 2.75) is 33.4 Å². The highest BCUT2D eigenvalue weighted by Gasteiger charge is 2.06. The molecular weight excluding hydrogens is 300 g/mol. The minimum absolute atomic E-state index is 0.0177. The quantitative estimate of drug-likeness (QED) is 0.888. The molecule has 1 heterocycles. The predicted molar refractivity (Wildman–Crippen MR) is 89.1 cm³/mol. The maximum Gasteiger partial charge on any atom is 0.251 e. The standard InChI is InChI=1S/C16H20N2O3S/c1-3-9-18-15-7-5-13(11-14(15)6-8-16(18)19)12-17-22(20,21)10-4-2/h4-8,10-11,17H,3,9,12H2,1-2H3/b10-4+. The lowest BCUT2D eigenvalue weighted by atomic mass is 10.1. The highest BCUT2D eigenvalue weighted by Crippen LogP contribution is 2.15. The van der Waals surface area contributed by atoms with E-state index in [1.807, 2.05) is 25.1 Å². The molecule has 118 valence electrons. The van der Waals surface area contributed by atoms with Crippen molar-refractivity contribution in [1.82, 2.24) is 9.29 Å². The van der Waals surface area contributed by atoms with Crippen molar-refractivity contribution in [2.75, 3.05) is 0 Å². The smallest absolute Gasteiger partial charge is 0.251 e. The van der Waals surface area contributed by atoms with Gasteiger partial charge in [0.2, 0.25) is 10.0 Å². The summed E-state index contributed by atoms with van der Waals surface area (Å²) in [5.74, 6) is 0. The summed E-state index contributed by atoms with van der Waals surface area (Å²) in [6.07, 6.45) is 2.36. The van der Waals surface area contributed by atoms with Crippen LogP contribution >= 0.6 is 0 Å². The van der Waals surface area contributed by atoms with Gasteiger partial charge in [-0.25, -0.2) is 13.1 Å². The highest BCUT2D eigenvalue weighted by molar-refractivity contribution is 7.92. The van der Waals surface area contributed by atoms with E-state index in [1.54, 1.807) is 23.6 Å². The van der Waals surface area contributed by atoms with E-state index in [0.717, 1.165) is 28.3 Å². The molecule has 1 aromatic carbocycles. The molecule has 0 saturated carbocycles. The number of benzene rings is 1. The Balaban J connectivity index is 2.32. The van der Waals surface area contributed by atoms with Gasteiger partial charge >= 0.3 is 0 Å². The monoisotopic (exact) mass is 320 g/mol. The number of allylic oxidation sites excluding steroid dienone is 1. The molecule has 1 N–H and O–H groups in total. The van der Waals surface area contributed by atoms with E-state index in [4.69, 9.17) is 0 Å². The van der Waals surface area contributed by atoms with E-state index in [2.05, 4.69) is 4.72 Å². The van der Waals surface area contributed by atoms with Gasteiger partial charge in [-0.1, -0.05) is 19.1 Å². The van der Waals surface area contributed by atoms with Crippen LogP contribution in [0.15, 0.2) is 46.6 Å². The molecule has 5 nitrogen and oxygen atoms in total. The number of pyridine rings is 1. The molecule has 0 radical (unpaired) electrons. The number of nitrogens with zero attached hydrogens (tertiary/aromatic N) is 1.